The predicted octanol–water partition coefficient (Wildman–Crippen LogP) is 17.5. The summed E-state index contributed by atoms with van der Waals surface area (Å²) in [4.78, 5) is 3.76. The van der Waals surface area contributed by atoms with Crippen molar-refractivity contribution in [2.75, 3.05) is 21.1 Å². The van der Waals surface area contributed by atoms with E-state index in [0.717, 1.165) is 75.9 Å². The average molecular weight is 938 g/mol. The number of hydrogen-bond acceptors (Lipinski definition) is 3. The molecular weight excluding hydrogens is 859 g/mol. The van der Waals surface area contributed by atoms with Crippen molar-refractivity contribution in [2.24, 2.45) is 10.7 Å². The predicted molar refractivity (Wildman–Crippen MR) is 318 cm³/mol. The maximum atomic E-state index is 5.69. The first kappa shape index (κ1) is 57.7. The van der Waals surface area contributed by atoms with Crippen LogP contribution in [0, 0.1) is 13.8 Å². The summed E-state index contributed by atoms with van der Waals surface area (Å²) in [7, 11) is 5.50. The first-order valence-electron chi connectivity index (χ1n) is 24.8. The van der Waals surface area contributed by atoms with Gasteiger partial charge in [0.25, 0.3) is 0 Å². The number of allylic oxidation sites excluding steroid dienone is 19. The topological polar surface area (TPSA) is 50.4 Å². The number of nitrogens with two attached hydrogens (primary N) is 1. The summed E-state index contributed by atoms with van der Waals surface area (Å²) in [5.74, 6) is 0. The van der Waals surface area contributed by atoms with Crippen LogP contribution in [0.2, 0.25) is 0 Å². The van der Waals surface area contributed by atoms with Gasteiger partial charge in [-0.25, -0.2) is 0 Å². The molecule has 8 rings (SSSR count). The van der Waals surface area contributed by atoms with Gasteiger partial charge in [-0.05, 0) is 134 Å². The zero-order chi connectivity index (χ0) is 51.7. The van der Waals surface area contributed by atoms with Crippen molar-refractivity contribution in [2.45, 2.75) is 65.7 Å². The molecule has 71 heavy (non-hydrogen) atoms. The van der Waals surface area contributed by atoms with E-state index in [1.165, 1.54) is 27.8 Å². The molecule has 5 aromatic carbocycles. The van der Waals surface area contributed by atoms with Crippen LogP contribution in [-0.2, 0) is 5.41 Å². The molecule has 0 radical (unpaired) electrons. The van der Waals surface area contributed by atoms with Gasteiger partial charge in [-0.2, -0.15) is 0 Å². The van der Waals surface area contributed by atoms with E-state index in [4.69, 9.17) is 18.9 Å². The number of benzene rings is 5. The van der Waals surface area contributed by atoms with E-state index >= 15 is 0 Å². The number of aryl methyl sites for hydroxylation is 2. The largest absolute Gasteiger partial charge is 0.402 e. The molecule has 0 aliphatic heterocycles. The molecule has 3 N–H and O–H groups in total. The molecule has 5 aromatic rings. The molecular formula is C68H79N3. The molecule has 1 unspecified atom stereocenters. The Morgan fingerprint density at radius 1 is 0.606 bits per heavy atom. The van der Waals surface area contributed by atoms with E-state index in [1.807, 2.05) is 89.5 Å². The summed E-state index contributed by atoms with van der Waals surface area (Å²) in [6.45, 7) is 24.4. The Hall–Kier alpha value is -7.59. The third kappa shape index (κ3) is 18.3. The first-order chi connectivity index (χ1) is 34.6. The Kier molecular flexibility index (Phi) is 26.9. The van der Waals surface area contributed by atoms with Gasteiger partial charge in [0.05, 0.1) is 5.41 Å². The van der Waals surface area contributed by atoms with Gasteiger partial charge >= 0.3 is 0 Å². The lowest BCUT2D eigenvalue weighted by Crippen LogP contribution is -2.32. The highest BCUT2D eigenvalue weighted by molar-refractivity contribution is 5.90. The van der Waals surface area contributed by atoms with Crippen molar-refractivity contribution < 1.29 is 0 Å². The van der Waals surface area contributed by atoms with Gasteiger partial charge in [0.1, 0.15) is 0 Å². The van der Waals surface area contributed by atoms with Crippen LogP contribution in [0.3, 0.4) is 0 Å². The molecule has 0 saturated carbocycles. The molecule has 0 aromatic heterocycles. The minimum absolute atomic E-state index is 0.737. The lowest BCUT2D eigenvalue weighted by molar-refractivity contribution is 0.804. The van der Waals surface area contributed by atoms with Crippen molar-refractivity contribution in [1.29, 1.82) is 0 Å². The van der Waals surface area contributed by atoms with Gasteiger partial charge in [0, 0.05) is 19.0 Å². The molecule has 3 heteroatoms. The number of hydrogen-bond donors (Lipinski definition) is 2. The summed E-state index contributed by atoms with van der Waals surface area (Å²) in [6.07, 6.45) is 37.3. The van der Waals surface area contributed by atoms with E-state index in [9.17, 15) is 0 Å². The summed E-state index contributed by atoms with van der Waals surface area (Å²) in [6, 6.07) is 46.5. The third-order valence-electron chi connectivity index (χ3n) is 11.4. The second-order valence-corrected chi connectivity index (χ2v) is 16.8. The second kappa shape index (κ2) is 33.0. The monoisotopic (exact) mass is 938 g/mol. The molecule has 0 fully saturated rings. The molecule has 0 amide bonds. The second-order valence-electron chi connectivity index (χ2n) is 16.8. The Labute approximate surface area is 429 Å². The first-order valence-corrected chi connectivity index (χ1v) is 24.8. The molecule has 0 bridgehead atoms. The van der Waals surface area contributed by atoms with Crippen LogP contribution in [-0.4, -0.2) is 27.4 Å². The van der Waals surface area contributed by atoms with Crippen molar-refractivity contribution in [3.63, 3.8) is 0 Å². The molecule has 1 spiro atoms. The van der Waals surface area contributed by atoms with Gasteiger partial charge in [-0.3, -0.25) is 4.99 Å². The van der Waals surface area contributed by atoms with Gasteiger partial charge in [0.2, 0.25) is 0 Å². The zero-order valence-corrected chi connectivity index (χ0v) is 43.9. The van der Waals surface area contributed by atoms with Crippen LogP contribution < -0.4 is 11.1 Å². The van der Waals surface area contributed by atoms with Gasteiger partial charge in [0.15, 0.2) is 0 Å². The summed E-state index contributed by atoms with van der Waals surface area (Å²) >= 11 is 0. The summed E-state index contributed by atoms with van der Waals surface area (Å²) in [5, 5.41) is 2.75. The summed E-state index contributed by atoms with van der Waals surface area (Å²) in [5.41, 5.74) is 20.9. The van der Waals surface area contributed by atoms with Crippen LogP contribution >= 0.6 is 0 Å². The van der Waals surface area contributed by atoms with Gasteiger partial charge in [-0.1, -0.05) is 257 Å². The molecule has 366 valence electrons. The molecule has 3 nitrogen and oxygen atoms in total. The number of nitrogens with one attached hydrogen (secondary N) is 1. The highest BCUT2D eigenvalue weighted by atomic mass is 14.7. The third-order valence-corrected chi connectivity index (χ3v) is 11.4. The highest BCUT2D eigenvalue weighted by Gasteiger charge is 2.42. The van der Waals surface area contributed by atoms with Crippen LogP contribution in [0.1, 0.15) is 91.0 Å². The molecule has 3 aliphatic carbocycles. The number of fused-ring (bicyclic) bond motifs is 3. The van der Waals surface area contributed by atoms with Gasteiger partial charge in [-0.15, -0.1) is 0 Å². The number of rotatable bonds is 4. The van der Waals surface area contributed by atoms with Crippen molar-refractivity contribution in [3.05, 3.63) is 294 Å². The molecule has 0 saturated heterocycles. The van der Waals surface area contributed by atoms with E-state index < -0.39 is 5.41 Å². The SMILES string of the molecule is C/C=C\C=C/C=NC.C=C1/C=C\C=C/c2ccccc2C12C(=C)/C=C(c1cccc(C)c1)\C=C/CC/C=C\c1ccccc1C2=C.CC.CNC.Cc1ccccc1.NC1=CC=C(c2ccccc2)CC1. The Balaban J connectivity index is 0.000000325. The highest BCUT2D eigenvalue weighted by Crippen LogP contribution is 2.52. The standard InChI is InChI=1S/C38H34.C12H13N.C7H11N.C7H8.C2H7N.C2H6/c1-28-16-15-23-34(26-28)35-22-8-6-5-7-18-32-19-11-13-24-36(32)31(4)38(30(3)27-35)29(2)17-9-10-20-33-21-12-14-25-37(33)38;13-12-8-6-11(7-9-12)10-4-2-1-3-5-10;1-3-4-5-6-7-8-2;1-7-5-3-2-4-6-7;1-3-2;1-2/h7-27H,2-6H2,1H3;1-6,8H,7,9,13H2;3-7H,1-2H3;2-6H,1H3;3H,1-2H3;1-2H3/b17-9-,18-7-,20-10-,22-8-,35-27+;;4-3-,6-5-,8-7?;;;. The van der Waals surface area contributed by atoms with Crippen LogP contribution in [0.15, 0.2) is 254 Å². The molecule has 1 atom stereocenters. The maximum Gasteiger partial charge on any atom is 0.0696 e. The quantitative estimate of drug-likeness (QED) is 0.139. The summed E-state index contributed by atoms with van der Waals surface area (Å²) < 4.78 is 0. The number of aliphatic imine (C=N–C) groups is 1. The van der Waals surface area contributed by atoms with Crippen molar-refractivity contribution in [3.8, 4) is 0 Å². The normalized spacial score (nSPS) is 18.6. The Morgan fingerprint density at radius 3 is 1.82 bits per heavy atom. The van der Waals surface area contributed by atoms with Crippen LogP contribution in [0.4, 0.5) is 0 Å². The average Bonchev–Trinajstić information content (AvgIpc) is 3.40. The lowest BCUT2D eigenvalue weighted by Gasteiger charge is -2.41. The zero-order valence-electron chi connectivity index (χ0n) is 43.9. The van der Waals surface area contributed by atoms with Crippen LogP contribution in [0.25, 0.3) is 28.9 Å². The van der Waals surface area contributed by atoms with E-state index in [0.29, 0.717) is 0 Å². The van der Waals surface area contributed by atoms with E-state index in [1.54, 1.807) is 13.3 Å². The lowest BCUT2D eigenvalue weighted by atomic mass is 9.61. The number of nitrogens with zero attached hydrogens (tertiary/aromatic N) is 1. The maximum absolute atomic E-state index is 5.69. The van der Waals surface area contributed by atoms with Gasteiger partial charge < -0.3 is 11.1 Å². The Bertz CT molecular complexity index is 2730. The molecule has 3 aliphatic rings. The smallest absolute Gasteiger partial charge is 0.0696 e. The Morgan fingerprint density at radius 2 is 1.20 bits per heavy atom. The fraction of sp³-hybridized carbons (Fsp3) is 0.191. The minimum Gasteiger partial charge on any atom is -0.402 e. The van der Waals surface area contributed by atoms with E-state index in [-0.39, 0.29) is 0 Å². The fourth-order valence-electron chi connectivity index (χ4n) is 8.01. The fourth-order valence-corrected chi connectivity index (χ4v) is 8.01. The van der Waals surface area contributed by atoms with Crippen molar-refractivity contribution >= 4 is 35.1 Å². The van der Waals surface area contributed by atoms with E-state index in [2.05, 4.69) is 201 Å². The minimum atomic E-state index is -0.737. The van der Waals surface area contributed by atoms with Crippen LogP contribution in [0.5, 0.6) is 0 Å². The molecule has 0 heterocycles. The van der Waals surface area contributed by atoms with Crippen molar-refractivity contribution in [1.82, 2.24) is 5.32 Å².